The number of halogens is 4. The van der Waals surface area contributed by atoms with Crippen molar-refractivity contribution in [2.24, 2.45) is 5.73 Å². The summed E-state index contributed by atoms with van der Waals surface area (Å²) in [6, 6.07) is 3.14. The van der Waals surface area contributed by atoms with Crippen LogP contribution in [0.3, 0.4) is 0 Å². The van der Waals surface area contributed by atoms with Crippen LogP contribution in [0.1, 0.15) is 25.1 Å². The molecule has 1 aromatic heterocycles. The topological polar surface area (TPSA) is 43.8 Å². The first-order valence-corrected chi connectivity index (χ1v) is 6.17. The van der Waals surface area contributed by atoms with E-state index in [0.717, 1.165) is 12.1 Å². The highest BCUT2D eigenvalue weighted by molar-refractivity contribution is 6.32. The van der Waals surface area contributed by atoms with Gasteiger partial charge in [-0.25, -0.2) is 4.98 Å². The molecule has 0 aliphatic heterocycles. The van der Waals surface area contributed by atoms with Gasteiger partial charge in [-0.2, -0.15) is 13.2 Å². The van der Waals surface area contributed by atoms with Crippen LogP contribution in [0.5, 0.6) is 0 Å². The van der Waals surface area contributed by atoms with Crippen LogP contribution in [0.15, 0.2) is 30.7 Å². The largest absolute Gasteiger partial charge is 0.416 e. The summed E-state index contributed by atoms with van der Waals surface area (Å²) in [6.07, 6.45) is -1.53. The van der Waals surface area contributed by atoms with Crippen LogP contribution < -0.4 is 5.73 Å². The maximum absolute atomic E-state index is 12.8. The van der Waals surface area contributed by atoms with Crippen molar-refractivity contribution in [3.05, 3.63) is 47.0 Å². The van der Waals surface area contributed by atoms with Gasteiger partial charge in [-0.1, -0.05) is 11.6 Å². The van der Waals surface area contributed by atoms with Crippen molar-refractivity contribution >= 4 is 11.6 Å². The van der Waals surface area contributed by atoms with E-state index in [1.165, 1.54) is 23.2 Å². The van der Waals surface area contributed by atoms with Gasteiger partial charge in [0.25, 0.3) is 0 Å². The molecule has 2 N–H and O–H groups in total. The van der Waals surface area contributed by atoms with Crippen molar-refractivity contribution in [1.29, 1.82) is 0 Å². The number of nitrogens with two attached hydrogens (primary N) is 1. The smallest absolute Gasteiger partial charge is 0.321 e. The Morgan fingerprint density at radius 1 is 1.25 bits per heavy atom. The molecule has 0 spiro atoms. The summed E-state index contributed by atoms with van der Waals surface area (Å²) in [5, 5.41) is 0.196. The normalized spacial score (nSPS) is 12.8. The van der Waals surface area contributed by atoms with E-state index in [2.05, 4.69) is 4.98 Å². The van der Waals surface area contributed by atoms with Crippen molar-refractivity contribution in [2.75, 3.05) is 0 Å². The molecule has 0 saturated carbocycles. The van der Waals surface area contributed by atoms with Crippen LogP contribution in [-0.4, -0.2) is 9.55 Å². The van der Waals surface area contributed by atoms with E-state index in [1.807, 2.05) is 0 Å². The standard InChI is InChI=1S/C13H13ClF3N3/c1-12(2,18)11-6-19-7-20(11)10-5-8(13(15,16)17)3-4-9(10)14/h3-7H,18H2,1-2H3. The first kappa shape index (κ1) is 14.9. The van der Waals surface area contributed by atoms with Gasteiger partial charge < -0.3 is 5.73 Å². The summed E-state index contributed by atoms with van der Waals surface area (Å²) in [7, 11) is 0. The Labute approximate surface area is 119 Å². The van der Waals surface area contributed by atoms with Gasteiger partial charge in [-0.3, -0.25) is 4.57 Å². The predicted molar refractivity (Wildman–Crippen MR) is 70.8 cm³/mol. The van der Waals surface area contributed by atoms with Crippen molar-refractivity contribution in [3.63, 3.8) is 0 Å². The van der Waals surface area contributed by atoms with E-state index in [0.29, 0.717) is 5.69 Å². The molecule has 0 amide bonds. The van der Waals surface area contributed by atoms with Crippen molar-refractivity contribution in [2.45, 2.75) is 25.6 Å². The molecule has 2 aromatic rings. The lowest BCUT2D eigenvalue weighted by Crippen LogP contribution is -2.31. The van der Waals surface area contributed by atoms with E-state index in [9.17, 15) is 13.2 Å². The lowest BCUT2D eigenvalue weighted by molar-refractivity contribution is -0.137. The van der Waals surface area contributed by atoms with E-state index in [-0.39, 0.29) is 10.7 Å². The molecule has 0 fully saturated rings. The molecule has 0 atom stereocenters. The zero-order valence-corrected chi connectivity index (χ0v) is 11.6. The number of benzene rings is 1. The maximum atomic E-state index is 12.8. The SMILES string of the molecule is CC(C)(N)c1cncn1-c1cc(C(F)(F)F)ccc1Cl. The average Bonchev–Trinajstić information content (AvgIpc) is 2.76. The molecule has 0 saturated heterocycles. The zero-order valence-electron chi connectivity index (χ0n) is 10.9. The van der Waals surface area contributed by atoms with Gasteiger partial charge >= 0.3 is 6.18 Å². The Hall–Kier alpha value is -1.53. The third-order valence-corrected chi connectivity index (χ3v) is 3.15. The van der Waals surface area contributed by atoms with Gasteiger partial charge in [0.2, 0.25) is 0 Å². The first-order chi connectivity index (χ1) is 9.10. The molecular formula is C13H13ClF3N3. The van der Waals surface area contributed by atoms with Gasteiger partial charge in [0.15, 0.2) is 0 Å². The van der Waals surface area contributed by atoms with Gasteiger partial charge in [0.1, 0.15) is 0 Å². The average molecular weight is 304 g/mol. The molecule has 1 aromatic carbocycles. The van der Waals surface area contributed by atoms with Gasteiger partial charge in [0.05, 0.1) is 40.0 Å². The Balaban J connectivity index is 2.62. The van der Waals surface area contributed by atoms with Crippen LogP contribution in [0.4, 0.5) is 13.2 Å². The quantitative estimate of drug-likeness (QED) is 0.918. The van der Waals surface area contributed by atoms with Crippen molar-refractivity contribution < 1.29 is 13.2 Å². The van der Waals surface area contributed by atoms with E-state index in [1.54, 1.807) is 13.8 Å². The molecule has 108 valence electrons. The van der Waals surface area contributed by atoms with Crippen LogP contribution >= 0.6 is 11.6 Å². The molecule has 20 heavy (non-hydrogen) atoms. The molecule has 0 aliphatic carbocycles. The number of aromatic nitrogens is 2. The van der Waals surface area contributed by atoms with E-state index < -0.39 is 17.3 Å². The predicted octanol–water partition coefficient (Wildman–Crippen LogP) is 3.74. The number of rotatable bonds is 2. The van der Waals surface area contributed by atoms with Crippen LogP contribution in [0.25, 0.3) is 5.69 Å². The van der Waals surface area contributed by atoms with Crippen LogP contribution in [0, 0.1) is 0 Å². The van der Waals surface area contributed by atoms with Crippen molar-refractivity contribution in [1.82, 2.24) is 9.55 Å². The second-order valence-corrected chi connectivity index (χ2v) is 5.44. The Morgan fingerprint density at radius 2 is 1.90 bits per heavy atom. The summed E-state index contributed by atoms with van der Waals surface area (Å²) in [5.74, 6) is 0. The molecule has 0 bridgehead atoms. The molecule has 0 aliphatic rings. The molecular weight excluding hydrogens is 291 g/mol. The van der Waals surface area contributed by atoms with E-state index in [4.69, 9.17) is 17.3 Å². The maximum Gasteiger partial charge on any atom is 0.416 e. The van der Waals surface area contributed by atoms with E-state index >= 15 is 0 Å². The number of hydrogen-bond acceptors (Lipinski definition) is 2. The molecule has 3 nitrogen and oxygen atoms in total. The van der Waals surface area contributed by atoms with Crippen LogP contribution in [0.2, 0.25) is 5.02 Å². The fourth-order valence-electron chi connectivity index (χ4n) is 1.84. The fourth-order valence-corrected chi connectivity index (χ4v) is 2.05. The zero-order chi connectivity index (χ0) is 15.1. The number of imidazole rings is 1. The number of nitrogens with zero attached hydrogens (tertiary/aromatic N) is 2. The minimum atomic E-state index is -4.43. The Bertz CT molecular complexity index is 627. The second-order valence-electron chi connectivity index (χ2n) is 5.03. The molecule has 7 heteroatoms. The lowest BCUT2D eigenvalue weighted by Gasteiger charge is -2.21. The third kappa shape index (κ3) is 2.81. The minimum Gasteiger partial charge on any atom is -0.321 e. The fraction of sp³-hybridized carbons (Fsp3) is 0.308. The van der Waals surface area contributed by atoms with Gasteiger partial charge in [0, 0.05) is 0 Å². The monoisotopic (exact) mass is 303 g/mol. The highest BCUT2D eigenvalue weighted by atomic mass is 35.5. The number of hydrogen-bond donors (Lipinski definition) is 1. The second kappa shape index (κ2) is 4.79. The minimum absolute atomic E-state index is 0.196. The Kier molecular flexibility index (Phi) is 3.56. The first-order valence-electron chi connectivity index (χ1n) is 5.79. The lowest BCUT2D eigenvalue weighted by atomic mass is 10.0. The third-order valence-electron chi connectivity index (χ3n) is 2.83. The van der Waals surface area contributed by atoms with Crippen molar-refractivity contribution in [3.8, 4) is 5.69 Å². The molecule has 0 unspecified atom stereocenters. The highest BCUT2D eigenvalue weighted by Crippen LogP contribution is 2.34. The van der Waals surface area contributed by atoms with Crippen LogP contribution in [-0.2, 0) is 11.7 Å². The molecule has 1 heterocycles. The summed E-state index contributed by atoms with van der Waals surface area (Å²) in [4.78, 5) is 3.94. The Morgan fingerprint density at radius 3 is 2.45 bits per heavy atom. The number of alkyl halides is 3. The summed E-state index contributed by atoms with van der Waals surface area (Å²) >= 11 is 6.00. The molecule has 0 radical (unpaired) electrons. The van der Waals surface area contributed by atoms with Gasteiger partial charge in [-0.05, 0) is 32.0 Å². The highest BCUT2D eigenvalue weighted by Gasteiger charge is 2.31. The summed E-state index contributed by atoms with van der Waals surface area (Å²) in [6.45, 7) is 3.48. The summed E-state index contributed by atoms with van der Waals surface area (Å²) < 4.78 is 39.8. The summed E-state index contributed by atoms with van der Waals surface area (Å²) in [5.41, 5.74) is 5.23. The van der Waals surface area contributed by atoms with Gasteiger partial charge in [-0.15, -0.1) is 0 Å². The molecule has 2 rings (SSSR count).